The average molecular weight is 342 g/mol. The van der Waals surface area contributed by atoms with Crippen LogP contribution in [0.4, 0.5) is 11.4 Å². The monoisotopic (exact) mass is 340 g/mol. The van der Waals surface area contributed by atoms with Crippen LogP contribution < -0.4 is 5.32 Å². The molecule has 0 aromatic heterocycles. The maximum Gasteiger partial charge on any atom is 0.293 e. The van der Waals surface area contributed by atoms with Gasteiger partial charge in [0.1, 0.15) is 5.69 Å². The van der Waals surface area contributed by atoms with Crippen molar-refractivity contribution in [1.82, 2.24) is 0 Å². The predicted octanol–water partition coefficient (Wildman–Crippen LogP) is 4.62. The van der Waals surface area contributed by atoms with Crippen LogP contribution in [0, 0.1) is 10.1 Å². The number of nitrogens with one attached hydrogen (secondary N) is 1. The molecule has 2 aromatic carbocycles. The standard InChI is InChI=1S/C13H10BrClN2O2/c14-10-3-6-12(13(7-10)17(18)19)16-8-9-1-4-11(15)5-2-9/h1-7,16H,8H2. The number of hydrogen-bond donors (Lipinski definition) is 1. The van der Waals surface area contributed by atoms with Crippen LogP contribution in [0.25, 0.3) is 0 Å². The van der Waals surface area contributed by atoms with E-state index in [-0.39, 0.29) is 5.69 Å². The first kappa shape index (κ1) is 13.8. The summed E-state index contributed by atoms with van der Waals surface area (Å²) >= 11 is 9.02. The van der Waals surface area contributed by atoms with Crippen molar-refractivity contribution in [2.45, 2.75) is 6.54 Å². The molecule has 0 aliphatic heterocycles. The smallest absolute Gasteiger partial charge is 0.293 e. The van der Waals surface area contributed by atoms with Gasteiger partial charge in [0.2, 0.25) is 0 Å². The van der Waals surface area contributed by atoms with Crippen LogP contribution in [0.2, 0.25) is 5.02 Å². The third kappa shape index (κ3) is 3.68. The number of nitro benzene ring substituents is 1. The van der Waals surface area contributed by atoms with Gasteiger partial charge in [-0.1, -0.05) is 39.7 Å². The lowest BCUT2D eigenvalue weighted by molar-refractivity contribution is -0.384. The van der Waals surface area contributed by atoms with E-state index >= 15 is 0 Å². The van der Waals surface area contributed by atoms with Gasteiger partial charge >= 0.3 is 0 Å². The number of nitro groups is 1. The summed E-state index contributed by atoms with van der Waals surface area (Å²) in [5.74, 6) is 0. The molecule has 0 unspecified atom stereocenters. The summed E-state index contributed by atoms with van der Waals surface area (Å²) in [4.78, 5) is 10.5. The lowest BCUT2D eigenvalue weighted by atomic mass is 10.2. The summed E-state index contributed by atoms with van der Waals surface area (Å²) in [5, 5.41) is 14.7. The second-order valence-corrected chi connectivity index (χ2v) is 5.25. The number of rotatable bonds is 4. The molecule has 0 atom stereocenters. The van der Waals surface area contributed by atoms with Gasteiger partial charge in [0, 0.05) is 22.1 Å². The second-order valence-electron chi connectivity index (χ2n) is 3.90. The number of hydrogen-bond acceptors (Lipinski definition) is 3. The molecule has 0 fully saturated rings. The average Bonchev–Trinajstić information content (AvgIpc) is 2.39. The van der Waals surface area contributed by atoms with Crippen molar-refractivity contribution in [3.8, 4) is 0 Å². The topological polar surface area (TPSA) is 55.2 Å². The van der Waals surface area contributed by atoms with Crippen LogP contribution in [0.1, 0.15) is 5.56 Å². The fourth-order valence-electron chi connectivity index (χ4n) is 1.60. The first-order valence-corrected chi connectivity index (χ1v) is 6.65. The zero-order chi connectivity index (χ0) is 13.8. The molecule has 98 valence electrons. The van der Waals surface area contributed by atoms with Gasteiger partial charge in [-0.25, -0.2) is 0 Å². The third-order valence-corrected chi connectivity index (χ3v) is 3.30. The zero-order valence-electron chi connectivity index (χ0n) is 9.77. The van der Waals surface area contributed by atoms with Gasteiger partial charge in [0.15, 0.2) is 0 Å². The fourth-order valence-corrected chi connectivity index (χ4v) is 2.08. The van der Waals surface area contributed by atoms with Crippen LogP contribution >= 0.6 is 27.5 Å². The molecule has 0 aliphatic carbocycles. The summed E-state index contributed by atoms with van der Waals surface area (Å²) in [7, 11) is 0. The highest BCUT2D eigenvalue weighted by atomic mass is 79.9. The summed E-state index contributed by atoms with van der Waals surface area (Å²) in [6.07, 6.45) is 0. The Hall–Kier alpha value is -1.59. The van der Waals surface area contributed by atoms with E-state index in [0.717, 1.165) is 5.56 Å². The summed E-state index contributed by atoms with van der Waals surface area (Å²) in [6.45, 7) is 0.500. The van der Waals surface area contributed by atoms with E-state index in [2.05, 4.69) is 21.2 Å². The lowest BCUT2D eigenvalue weighted by Gasteiger charge is -2.07. The van der Waals surface area contributed by atoms with Crippen LogP contribution in [0.15, 0.2) is 46.9 Å². The highest BCUT2D eigenvalue weighted by Crippen LogP contribution is 2.28. The van der Waals surface area contributed by atoms with E-state index in [1.54, 1.807) is 24.3 Å². The van der Waals surface area contributed by atoms with E-state index in [9.17, 15) is 10.1 Å². The number of anilines is 1. The van der Waals surface area contributed by atoms with Crippen molar-refractivity contribution in [3.63, 3.8) is 0 Å². The Labute approximate surface area is 123 Å². The third-order valence-electron chi connectivity index (χ3n) is 2.55. The van der Waals surface area contributed by atoms with Crippen LogP contribution in [0.5, 0.6) is 0 Å². The minimum absolute atomic E-state index is 0.0448. The number of nitrogens with zero attached hydrogens (tertiary/aromatic N) is 1. The molecule has 2 rings (SSSR count). The summed E-state index contributed by atoms with van der Waals surface area (Å²) in [6, 6.07) is 12.2. The van der Waals surface area contributed by atoms with Gasteiger partial charge < -0.3 is 5.32 Å². The molecule has 19 heavy (non-hydrogen) atoms. The number of halogens is 2. The van der Waals surface area contributed by atoms with Crippen molar-refractivity contribution >= 4 is 38.9 Å². The molecule has 0 saturated heterocycles. The first-order chi connectivity index (χ1) is 9.06. The molecule has 4 nitrogen and oxygen atoms in total. The largest absolute Gasteiger partial charge is 0.375 e. The van der Waals surface area contributed by atoms with Gasteiger partial charge in [0.05, 0.1) is 4.92 Å². The van der Waals surface area contributed by atoms with Crippen LogP contribution in [0.3, 0.4) is 0 Å². The zero-order valence-corrected chi connectivity index (χ0v) is 12.1. The summed E-state index contributed by atoms with van der Waals surface area (Å²) in [5.41, 5.74) is 1.54. The van der Waals surface area contributed by atoms with Gasteiger partial charge in [-0.2, -0.15) is 0 Å². The van der Waals surface area contributed by atoms with Crippen molar-refractivity contribution in [2.24, 2.45) is 0 Å². The maximum absolute atomic E-state index is 11.0. The van der Waals surface area contributed by atoms with E-state index in [4.69, 9.17) is 11.6 Å². The molecular formula is C13H10BrClN2O2. The minimum Gasteiger partial charge on any atom is -0.375 e. The molecule has 1 N–H and O–H groups in total. The highest BCUT2D eigenvalue weighted by Gasteiger charge is 2.13. The molecule has 0 aliphatic rings. The highest BCUT2D eigenvalue weighted by molar-refractivity contribution is 9.10. The Morgan fingerprint density at radius 2 is 1.89 bits per heavy atom. The maximum atomic E-state index is 11.0. The molecular weight excluding hydrogens is 332 g/mol. The van der Waals surface area contributed by atoms with E-state index in [0.29, 0.717) is 21.7 Å². The molecule has 0 heterocycles. The van der Waals surface area contributed by atoms with E-state index in [1.165, 1.54) is 6.07 Å². The van der Waals surface area contributed by atoms with Gasteiger partial charge in [0.25, 0.3) is 5.69 Å². The van der Waals surface area contributed by atoms with Crippen molar-refractivity contribution in [3.05, 3.63) is 67.6 Å². The quantitative estimate of drug-likeness (QED) is 0.652. The van der Waals surface area contributed by atoms with Gasteiger partial charge in [-0.3, -0.25) is 10.1 Å². The molecule has 6 heteroatoms. The van der Waals surface area contributed by atoms with E-state index in [1.807, 2.05) is 12.1 Å². The molecule has 0 spiro atoms. The van der Waals surface area contributed by atoms with Crippen molar-refractivity contribution in [1.29, 1.82) is 0 Å². The molecule has 0 radical (unpaired) electrons. The molecule has 0 bridgehead atoms. The first-order valence-electron chi connectivity index (χ1n) is 5.48. The normalized spacial score (nSPS) is 10.2. The van der Waals surface area contributed by atoms with Crippen molar-refractivity contribution < 1.29 is 4.92 Å². The van der Waals surface area contributed by atoms with Crippen LogP contribution in [-0.2, 0) is 6.54 Å². The second kappa shape index (κ2) is 6.04. The van der Waals surface area contributed by atoms with E-state index < -0.39 is 4.92 Å². The lowest BCUT2D eigenvalue weighted by Crippen LogP contribution is -2.02. The molecule has 0 amide bonds. The Bertz CT molecular complexity index is 602. The Morgan fingerprint density at radius 3 is 2.53 bits per heavy atom. The SMILES string of the molecule is O=[N+]([O-])c1cc(Br)ccc1NCc1ccc(Cl)cc1. The fraction of sp³-hybridized carbons (Fsp3) is 0.0769. The Balaban J connectivity index is 2.15. The Kier molecular flexibility index (Phi) is 4.39. The molecule has 0 saturated carbocycles. The molecule has 2 aromatic rings. The van der Waals surface area contributed by atoms with Crippen molar-refractivity contribution in [2.75, 3.05) is 5.32 Å². The minimum atomic E-state index is -0.408. The number of benzene rings is 2. The predicted molar refractivity (Wildman–Crippen MR) is 79.6 cm³/mol. The Morgan fingerprint density at radius 1 is 1.21 bits per heavy atom. The van der Waals surface area contributed by atoms with Crippen LogP contribution in [-0.4, -0.2) is 4.92 Å². The van der Waals surface area contributed by atoms with Gasteiger partial charge in [-0.05, 0) is 29.8 Å². The van der Waals surface area contributed by atoms with Gasteiger partial charge in [-0.15, -0.1) is 0 Å². The summed E-state index contributed by atoms with van der Waals surface area (Å²) < 4.78 is 0.677.